The molecule has 5 heterocycles. The monoisotopic (exact) mass is 456 g/mol. The van der Waals surface area contributed by atoms with E-state index in [2.05, 4.69) is 25.6 Å². The van der Waals surface area contributed by atoms with Crippen LogP contribution in [0.5, 0.6) is 0 Å². The molecule has 3 aromatic rings. The minimum Gasteiger partial charge on any atom is -0.441 e. The van der Waals surface area contributed by atoms with Crippen molar-refractivity contribution in [1.82, 2.24) is 25.2 Å². The first-order valence-corrected chi connectivity index (χ1v) is 11.3. The van der Waals surface area contributed by atoms with Gasteiger partial charge in [-0.2, -0.15) is 0 Å². The molecule has 10 heteroatoms. The lowest BCUT2D eigenvalue weighted by molar-refractivity contribution is 0.0548. The van der Waals surface area contributed by atoms with Crippen LogP contribution in [0.25, 0.3) is 22.2 Å². The summed E-state index contributed by atoms with van der Waals surface area (Å²) in [4.78, 5) is 28.0. The first-order chi connectivity index (χ1) is 16.0. The number of hydrogen-bond donors (Lipinski definition) is 2. The molecule has 3 aromatic heterocycles. The fraction of sp³-hybridized carbons (Fsp3) is 0.478. The van der Waals surface area contributed by atoms with Crippen molar-refractivity contribution < 1.29 is 18.0 Å². The Morgan fingerprint density at radius 1 is 1.15 bits per heavy atom. The van der Waals surface area contributed by atoms with Crippen LogP contribution in [-0.2, 0) is 0 Å². The van der Waals surface area contributed by atoms with Gasteiger partial charge in [0.15, 0.2) is 11.7 Å². The zero-order valence-corrected chi connectivity index (χ0v) is 18.3. The summed E-state index contributed by atoms with van der Waals surface area (Å²) in [6.45, 7) is 1.48. The van der Waals surface area contributed by atoms with Crippen LogP contribution >= 0.6 is 0 Å². The van der Waals surface area contributed by atoms with E-state index in [1.165, 1.54) is 0 Å². The van der Waals surface area contributed by atoms with Crippen molar-refractivity contribution in [2.75, 3.05) is 11.9 Å². The fourth-order valence-electron chi connectivity index (χ4n) is 5.04. The van der Waals surface area contributed by atoms with E-state index >= 15 is 0 Å². The van der Waals surface area contributed by atoms with Crippen molar-refractivity contribution in [3.63, 3.8) is 0 Å². The van der Waals surface area contributed by atoms with Crippen molar-refractivity contribution in [3.8, 4) is 11.3 Å². The smallest absolute Gasteiger partial charge is 0.323 e. The van der Waals surface area contributed by atoms with Crippen LogP contribution in [0.4, 0.5) is 19.4 Å². The van der Waals surface area contributed by atoms with E-state index in [4.69, 9.17) is 4.42 Å². The van der Waals surface area contributed by atoms with Crippen molar-refractivity contribution in [3.05, 3.63) is 36.6 Å². The summed E-state index contributed by atoms with van der Waals surface area (Å²) in [5.41, 5.74) is 1.50. The van der Waals surface area contributed by atoms with Crippen molar-refractivity contribution in [1.29, 1.82) is 0 Å². The summed E-state index contributed by atoms with van der Waals surface area (Å²) in [5.74, 6) is 1.64. The largest absolute Gasteiger partial charge is 0.441 e. The molecule has 0 aliphatic carbocycles. The number of aromatic nitrogens is 3. The lowest BCUT2D eigenvalue weighted by Crippen LogP contribution is -2.59. The molecule has 0 spiro atoms. The van der Waals surface area contributed by atoms with Crippen molar-refractivity contribution >= 4 is 22.8 Å². The summed E-state index contributed by atoms with van der Waals surface area (Å²) in [6, 6.07) is 3.61. The third-order valence-corrected chi connectivity index (χ3v) is 6.48. The molecule has 174 valence electrons. The average molecular weight is 456 g/mol. The maximum atomic E-state index is 13.2. The lowest BCUT2D eigenvalue weighted by Gasteiger charge is -2.48. The van der Waals surface area contributed by atoms with Crippen LogP contribution in [0.1, 0.15) is 38.0 Å². The molecule has 2 amide bonds. The van der Waals surface area contributed by atoms with E-state index in [9.17, 15) is 13.6 Å². The van der Waals surface area contributed by atoms with Crippen molar-refractivity contribution in [2.24, 2.45) is 0 Å². The van der Waals surface area contributed by atoms with Gasteiger partial charge in [0.2, 0.25) is 0 Å². The number of pyridine rings is 2. The van der Waals surface area contributed by atoms with Gasteiger partial charge in [-0.25, -0.2) is 23.5 Å². The van der Waals surface area contributed by atoms with Gasteiger partial charge >= 0.3 is 6.03 Å². The third-order valence-electron chi connectivity index (χ3n) is 6.48. The van der Waals surface area contributed by atoms with Crippen LogP contribution in [-0.4, -0.2) is 57.0 Å². The van der Waals surface area contributed by atoms with Gasteiger partial charge in [0, 0.05) is 42.2 Å². The van der Waals surface area contributed by atoms with Gasteiger partial charge in [-0.15, -0.1) is 0 Å². The van der Waals surface area contributed by atoms with E-state index < -0.39 is 6.43 Å². The summed E-state index contributed by atoms with van der Waals surface area (Å²) in [7, 11) is 0. The van der Waals surface area contributed by atoms with Crippen LogP contribution in [0.3, 0.4) is 0 Å². The number of oxazole rings is 1. The number of anilines is 1. The Morgan fingerprint density at radius 3 is 2.64 bits per heavy atom. The summed E-state index contributed by atoms with van der Waals surface area (Å²) >= 11 is 0. The molecule has 0 unspecified atom stereocenters. The predicted octanol–water partition coefficient (Wildman–Crippen LogP) is 4.37. The second kappa shape index (κ2) is 9.01. The highest BCUT2D eigenvalue weighted by atomic mass is 19.3. The van der Waals surface area contributed by atoms with Crippen LogP contribution < -0.4 is 10.6 Å². The molecule has 0 saturated carbocycles. The van der Waals surface area contributed by atoms with Crippen LogP contribution in [0.2, 0.25) is 0 Å². The lowest BCUT2D eigenvalue weighted by atomic mass is 9.82. The van der Waals surface area contributed by atoms with Crippen molar-refractivity contribution in [2.45, 2.75) is 63.6 Å². The second-order valence-electron chi connectivity index (χ2n) is 8.77. The Bertz CT molecular complexity index is 1140. The van der Waals surface area contributed by atoms with Gasteiger partial charge in [0.25, 0.3) is 6.43 Å². The summed E-state index contributed by atoms with van der Waals surface area (Å²) in [5, 5.41) is 6.71. The number of carbonyl (C=O) groups excluding carboxylic acids is 1. The number of amides is 2. The quantitative estimate of drug-likeness (QED) is 0.592. The molecular weight excluding hydrogens is 430 g/mol. The highest BCUT2D eigenvalue weighted by Crippen LogP contribution is 2.35. The van der Waals surface area contributed by atoms with E-state index in [0.29, 0.717) is 35.8 Å². The number of piperidine rings is 2. The maximum Gasteiger partial charge on any atom is 0.323 e. The van der Waals surface area contributed by atoms with Gasteiger partial charge in [-0.3, -0.25) is 10.3 Å². The number of carbonyl (C=O) groups is 1. The molecule has 5 rings (SSSR count). The molecule has 2 N–H and O–H groups in total. The maximum absolute atomic E-state index is 13.2. The van der Waals surface area contributed by atoms with Gasteiger partial charge in [-0.1, -0.05) is 0 Å². The highest BCUT2D eigenvalue weighted by Gasteiger charge is 2.41. The molecule has 2 aliphatic heterocycles. The molecule has 2 bridgehead atoms. The third kappa shape index (κ3) is 4.66. The number of urea groups is 1. The molecule has 0 aromatic carbocycles. The van der Waals surface area contributed by atoms with Gasteiger partial charge in [0.05, 0.1) is 24.5 Å². The molecule has 2 aliphatic rings. The van der Waals surface area contributed by atoms with E-state index in [1.54, 1.807) is 31.6 Å². The highest BCUT2D eigenvalue weighted by molar-refractivity contribution is 5.92. The van der Waals surface area contributed by atoms with Crippen LogP contribution in [0.15, 0.2) is 35.1 Å². The molecule has 3 atom stereocenters. The number of hydrogen-bond acceptors (Lipinski definition) is 6. The normalized spacial score (nSPS) is 22.7. The number of halogens is 2. The van der Waals surface area contributed by atoms with Gasteiger partial charge < -0.3 is 14.6 Å². The first-order valence-electron chi connectivity index (χ1n) is 11.3. The zero-order chi connectivity index (χ0) is 22.9. The molecular formula is C23H26F2N6O2. The Balaban J connectivity index is 1.31. The second-order valence-corrected chi connectivity index (χ2v) is 8.77. The minimum absolute atomic E-state index is 0.0152. The number of nitrogens with zero attached hydrogens (tertiary/aromatic N) is 4. The molecule has 2 fully saturated rings. The predicted molar refractivity (Wildman–Crippen MR) is 119 cm³/mol. The molecule has 0 radical (unpaired) electrons. The number of fused-ring (bicyclic) bond motifs is 3. The SMILES string of the molecule is Cc1ncc(-c2cnc3cnc(NC(=O)N4[C@@H]5CCC[C@H]4C[C@@H](NCC(F)F)C5)cc3c2)o1. The Labute approximate surface area is 189 Å². The Hall–Kier alpha value is -3.14. The molecule has 8 nitrogen and oxygen atoms in total. The van der Waals surface area contributed by atoms with Crippen LogP contribution in [0, 0.1) is 6.92 Å². The molecule has 2 saturated heterocycles. The number of aryl methyl sites for hydroxylation is 1. The van der Waals surface area contributed by atoms with E-state index in [-0.39, 0.29) is 30.7 Å². The van der Waals surface area contributed by atoms with E-state index in [1.807, 2.05) is 11.0 Å². The Kier molecular flexibility index (Phi) is 5.92. The summed E-state index contributed by atoms with van der Waals surface area (Å²) in [6.07, 6.45) is 6.80. The van der Waals surface area contributed by atoms with Gasteiger partial charge in [0.1, 0.15) is 5.82 Å². The number of alkyl halides is 2. The molecule has 33 heavy (non-hydrogen) atoms. The fourth-order valence-corrected chi connectivity index (χ4v) is 5.04. The zero-order valence-electron chi connectivity index (χ0n) is 18.3. The topological polar surface area (TPSA) is 96.2 Å². The number of rotatable bonds is 5. The van der Waals surface area contributed by atoms with E-state index in [0.717, 1.165) is 30.2 Å². The average Bonchev–Trinajstić information content (AvgIpc) is 3.22. The standard InChI is InChI=1S/C23H26F2N6O2/c1-13-26-11-20(33-13)15-5-14-6-22(29-10-19(14)28-9-15)30-23(32)31-17-3-2-4-18(31)8-16(7-17)27-12-21(24)25/h5-6,9-11,16-18,21,27H,2-4,7-8,12H2,1H3,(H,29,30,32)/t16-,17+,18-. The summed E-state index contributed by atoms with van der Waals surface area (Å²) < 4.78 is 30.8. The number of nitrogens with one attached hydrogen (secondary N) is 2. The Morgan fingerprint density at radius 2 is 1.94 bits per heavy atom. The minimum atomic E-state index is -2.37. The first kappa shape index (κ1) is 21.7. The van der Waals surface area contributed by atoms with Gasteiger partial charge in [-0.05, 0) is 44.2 Å².